The molecule has 28 heavy (non-hydrogen) atoms. The van der Waals surface area contributed by atoms with Crippen LogP contribution in [0.3, 0.4) is 0 Å². The third kappa shape index (κ3) is 3.68. The van der Waals surface area contributed by atoms with Crippen LogP contribution in [0.15, 0.2) is 60.7 Å². The second kappa shape index (κ2) is 7.84. The molecule has 2 aromatic rings. The number of hydrogen-bond donors (Lipinski definition) is 0. The SMILES string of the molecule is CCOC(=O)[C@]1(C)C[C@@H](C[Si](c2ccccc2)(c2ccccc2)C(C)(C)C)O1. The van der Waals surface area contributed by atoms with Crippen LogP contribution >= 0.6 is 0 Å². The molecule has 0 unspecified atom stereocenters. The van der Waals surface area contributed by atoms with E-state index in [2.05, 4.69) is 81.4 Å². The van der Waals surface area contributed by atoms with Crippen LogP contribution in [0, 0.1) is 0 Å². The van der Waals surface area contributed by atoms with E-state index < -0.39 is 13.7 Å². The molecule has 0 radical (unpaired) electrons. The van der Waals surface area contributed by atoms with Crippen molar-refractivity contribution in [2.24, 2.45) is 0 Å². The van der Waals surface area contributed by atoms with Gasteiger partial charge in [0.15, 0.2) is 5.60 Å². The Hall–Kier alpha value is -1.91. The summed E-state index contributed by atoms with van der Waals surface area (Å²) in [5, 5.41) is 2.93. The predicted molar refractivity (Wildman–Crippen MR) is 117 cm³/mol. The van der Waals surface area contributed by atoms with Gasteiger partial charge in [-0.15, -0.1) is 0 Å². The summed E-state index contributed by atoms with van der Waals surface area (Å²) >= 11 is 0. The third-order valence-electron chi connectivity index (χ3n) is 6.10. The van der Waals surface area contributed by atoms with Gasteiger partial charge in [-0.3, -0.25) is 0 Å². The first-order chi connectivity index (χ1) is 13.2. The summed E-state index contributed by atoms with van der Waals surface area (Å²) in [5.41, 5.74) is -0.800. The second-order valence-corrected chi connectivity index (χ2v) is 13.9. The predicted octanol–water partition coefficient (Wildman–Crippen LogP) is 4.16. The zero-order valence-electron chi connectivity index (χ0n) is 17.7. The standard InChI is InChI=1S/C24H32O3Si/c1-6-26-22(25)24(5)17-19(27-24)18-28(23(2,3)4,20-13-9-7-10-14-20)21-15-11-8-12-16-21/h7-16,19H,6,17-18H2,1-5H3/t19-,24-/m0/s1. The monoisotopic (exact) mass is 396 g/mol. The largest absolute Gasteiger partial charge is 0.464 e. The quantitative estimate of drug-likeness (QED) is 0.543. The van der Waals surface area contributed by atoms with Crippen LogP contribution in [-0.2, 0) is 14.3 Å². The van der Waals surface area contributed by atoms with E-state index in [9.17, 15) is 4.79 Å². The van der Waals surface area contributed by atoms with Crippen LogP contribution < -0.4 is 10.4 Å². The van der Waals surface area contributed by atoms with Crippen LogP contribution in [0.1, 0.15) is 41.0 Å². The Morgan fingerprint density at radius 3 is 1.93 bits per heavy atom. The van der Waals surface area contributed by atoms with E-state index in [4.69, 9.17) is 9.47 Å². The molecule has 0 N–H and O–H groups in total. The summed E-state index contributed by atoms with van der Waals surface area (Å²) in [6.07, 6.45) is 0.789. The van der Waals surface area contributed by atoms with Gasteiger partial charge in [0.1, 0.15) is 8.07 Å². The van der Waals surface area contributed by atoms with Crippen LogP contribution in [0.4, 0.5) is 0 Å². The molecule has 0 aliphatic carbocycles. The molecule has 1 fully saturated rings. The number of ether oxygens (including phenoxy) is 2. The minimum absolute atomic E-state index is 0.0701. The normalized spacial score (nSPS) is 22.4. The summed E-state index contributed by atoms with van der Waals surface area (Å²) in [6.45, 7) is 11.1. The molecule has 3 nitrogen and oxygen atoms in total. The third-order valence-corrected chi connectivity index (χ3v) is 12.4. The van der Waals surface area contributed by atoms with Gasteiger partial charge in [-0.25, -0.2) is 4.79 Å². The highest BCUT2D eigenvalue weighted by molar-refractivity contribution is 7.04. The van der Waals surface area contributed by atoms with Crippen molar-refractivity contribution in [2.45, 2.75) is 63.8 Å². The summed E-state index contributed by atoms with van der Waals surface area (Å²) in [4.78, 5) is 12.3. The first-order valence-electron chi connectivity index (χ1n) is 10.2. The molecule has 3 rings (SSSR count). The van der Waals surface area contributed by atoms with Crippen molar-refractivity contribution < 1.29 is 14.3 Å². The molecule has 1 aliphatic heterocycles. The number of carbonyl (C=O) groups excluding carboxylic acids is 1. The van der Waals surface area contributed by atoms with E-state index in [1.54, 1.807) is 0 Å². The van der Waals surface area contributed by atoms with Crippen molar-refractivity contribution in [3.05, 3.63) is 60.7 Å². The van der Waals surface area contributed by atoms with Crippen LogP contribution in [0.2, 0.25) is 11.1 Å². The lowest BCUT2D eigenvalue weighted by atomic mass is 9.92. The highest BCUT2D eigenvalue weighted by Crippen LogP contribution is 2.45. The van der Waals surface area contributed by atoms with E-state index in [0.717, 1.165) is 12.5 Å². The fourth-order valence-corrected chi connectivity index (χ4v) is 10.3. The van der Waals surface area contributed by atoms with Crippen molar-refractivity contribution in [1.29, 1.82) is 0 Å². The fourth-order valence-electron chi connectivity index (χ4n) is 4.68. The molecule has 0 bridgehead atoms. The van der Waals surface area contributed by atoms with Crippen molar-refractivity contribution in [3.8, 4) is 0 Å². The van der Waals surface area contributed by atoms with E-state index in [-0.39, 0.29) is 17.1 Å². The Morgan fingerprint density at radius 2 is 1.54 bits per heavy atom. The fraction of sp³-hybridized carbons (Fsp3) is 0.458. The van der Waals surface area contributed by atoms with Gasteiger partial charge in [-0.2, -0.15) is 0 Å². The molecule has 0 saturated carbocycles. The summed E-state index contributed by atoms with van der Waals surface area (Å²) in [6, 6.07) is 22.7. The summed E-state index contributed by atoms with van der Waals surface area (Å²) in [5.74, 6) is -0.242. The molecule has 0 amide bonds. The Kier molecular flexibility index (Phi) is 5.83. The molecule has 0 spiro atoms. The molecule has 1 heterocycles. The summed E-state index contributed by atoms with van der Waals surface area (Å²) < 4.78 is 11.4. The Bertz CT molecular complexity index is 750. The Labute approximate surface area is 170 Å². The van der Waals surface area contributed by atoms with Crippen LogP contribution in [-0.4, -0.2) is 32.4 Å². The number of rotatable bonds is 6. The van der Waals surface area contributed by atoms with Crippen molar-refractivity contribution in [2.75, 3.05) is 6.61 Å². The smallest absolute Gasteiger partial charge is 0.338 e. The molecule has 1 saturated heterocycles. The van der Waals surface area contributed by atoms with E-state index in [0.29, 0.717) is 6.61 Å². The molecule has 2 aromatic carbocycles. The molecular formula is C24H32O3Si. The highest BCUT2D eigenvalue weighted by atomic mass is 28.3. The Balaban J connectivity index is 1.98. The zero-order valence-corrected chi connectivity index (χ0v) is 18.7. The Morgan fingerprint density at radius 1 is 1.07 bits per heavy atom. The van der Waals surface area contributed by atoms with Crippen molar-refractivity contribution >= 4 is 24.4 Å². The van der Waals surface area contributed by atoms with Crippen LogP contribution in [0.5, 0.6) is 0 Å². The lowest BCUT2D eigenvalue weighted by Crippen LogP contribution is -2.68. The molecule has 2 atom stereocenters. The topological polar surface area (TPSA) is 35.5 Å². The van der Waals surface area contributed by atoms with Crippen LogP contribution in [0.25, 0.3) is 0 Å². The number of esters is 1. The van der Waals surface area contributed by atoms with Gasteiger partial charge in [-0.05, 0) is 24.9 Å². The van der Waals surface area contributed by atoms with Gasteiger partial charge in [0, 0.05) is 6.42 Å². The van der Waals surface area contributed by atoms with Gasteiger partial charge < -0.3 is 9.47 Å². The number of hydrogen-bond acceptors (Lipinski definition) is 3. The average Bonchev–Trinajstić information content (AvgIpc) is 2.65. The van der Waals surface area contributed by atoms with E-state index >= 15 is 0 Å². The first kappa shape index (κ1) is 20.8. The van der Waals surface area contributed by atoms with E-state index in [1.807, 2.05) is 13.8 Å². The summed E-state index contributed by atoms with van der Waals surface area (Å²) in [7, 11) is -2.18. The molecular weight excluding hydrogens is 364 g/mol. The van der Waals surface area contributed by atoms with Crippen molar-refractivity contribution in [3.63, 3.8) is 0 Å². The van der Waals surface area contributed by atoms with E-state index in [1.165, 1.54) is 10.4 Å². The minimum Gasteiger partial charge on any atom is -0.464 e. The zero-order chi connectivity index (χ0) is 20.4. The van der Waals surface area contributed by atoms with Gasteiger partial charge in [0.05, 0.1) is 12.7 Å². The second-order valence-electron chi connectivity index (χ2n) is 8.99. The van der Waals surface area contributed by atoms with Gasteiger partial charge in [0.25, 0.3) is 0 Å². The first-order valence-corrected chi connectivity index (χ1v) is 12.4. The lowest BCUT2D eigenvalue weighted by molar-refractivity contribution is -0.216. The maximum atomic E-state index is 12.3. The maximum absolute atomic E-state index is 12.3. The lowest BCUT2D eigenvalue weighted by Gasteiger charge is -2.51. The van der Waals surface area contributed by atoms with Crippen molar-refractivity contribution in [1.82, 2.24) is 0 Å². The average molecular weight is 397 g/mol. The maximum Gasteiger partial charge on any atom is 0.338 e. The number of benzene rings is 2. The highest BCUT2D eigenvalue weighted by Gasteiger charge is 2.55. The molecule has 0 aromatic heterocycles. The molecule has 1 aliphatic rings. The minimum atomic E-state index is -2.18. The van der Waals surface area contributed by atoms with Gasteiger partial charge in [-0.1, -0.05) is 91.8 Å². The molecule has 4 heteroatoms. The molecule has 150 valence electrons. The van der Waals surface area contributed by atoms with Gasteiger partial charge in [0.2, 0.25) is 0 Å². The number of carbonyl (C=O) groups is 1. The van der Waals surface area contributed by atoms with Gasteiger partial charge >= 0.3 is 5.97 Å².